The van der Waals surface area contributed by atoms with Crippen LogP contribution in [0.25, 0.3) is 0 Å². The van der Waals surface area contributed by atoms with E-state index in [0.717, 1.165) is 12.1 Å². The summed E-state index contributed by atoms with van der Waals surface area (Å²) in [5.41, 5.74) is 2.09. The molecule has 4 nitrogen and oxygen atoms in total. The zero-order valence-electron chi connectivity index (χ0n) is 15.5. The fourth-order valence-corrected chi connectivity index (χ4v) is 2.46. The number of likely N-dealkylation sites (N-methyl/N-ethyl adjacent to an activating group) is 1. The van der Waals surface area contributed by atoms with Crippen LogP contribution in [0.2, 0.25) is 13.6 Å². The van der Waals surface area contributed by atoms with Gasteiger partial charge in [0.1, 0.15) is 5.75 Å². The maximum atomic E-state index is 12.7. The molecule has 0 heterocycles. The second kappa shape index (κ2) is 10.7. The van der Waals surface area contributed by atoms with Crippen LogP contribution >= 0.6 is 0 Å². The summed E-state index contributed by atoms with van der Waals surface area (Å²) in [5.74, 6) is 0.571. The number of carbonyl (C=O) groups excluding carboxylic acids is 1. The van der Waals surface area contributed by atoms with E-state index in [1.807, 2.05) is 73.6 Å². The normalized spacial score (nSPS) is 11.4. The first-order valence-corrected chi connectivity index (χ1v) is 8.71. The number of hydrogen-bond donors (Lipinski definition) is 1. The third kappa shape index (κ3) is 6.56. The van der Waals surface area contributed by atoms with Crippen LogP contribution in [0.3, 0.4) is 0 Å². The Hall–Kier alpha value is -2.27. The van der Waals surface area contributed by atoms with Gasteiger partial charge in [-0.25, -0.2) is 0 Å². The van der Waals surface area contributed by atoms with Crippen molar-refractivity contribution >= 4 is 18.1 Å². The third-order valence-electron chi connectivity index (χ3n) is 4.00. The van der Waals surface area contributed by atoms with Gasteiger partial charge in [0.15, 0.2) is 6.71 Å². The zero-order valence-corrected chi connectivity index (χ0v) is 15.5. The summed E-state index contributed by atoms with van der Waals surface area (Å²) in [7, 11) is 3.96. The van der Waals surface area contributed by atoms with Crippen LogP contribution in [0.5, 0.6) is 5.75 Å². The zero-order chi connectivity index (χ0) is 18.2. The Bertz CT molecular complexity index is 657. The van der Waals surface area contributed by atoms with Crippen molar-refractivity contribution in [3.8, 4) is 5.75 Å². The fourth-order valence-electron chi connectivity index (χ4n) is 2.46. The Labute approximate surface area is 158 Å². The molecule has 0 spiro atoms. The first-order valence-electron chi connectivity index (χ1n) is 8.71. The monoisotopic (exact) mass is 354 g/mol. The van der Waals surface area contributed by atoms with Gasteiger partial charge in [-0.2, -0.15) is 0 Å². The lowest BCUT2D eigenvalue weighted by Gasteiger charge is -2.20. The molecule has 0 fully saturated rings. The van der Waals surface area contributed by atoms with Crippen LogP contribution < -0.4 is 15.5 Å². The van der Waals surface area contributed by atoms with Gasteiger partial charge in [0.05, 0.1) is 0 Å². The van der Waals surface area contributed by atoms with Crippen LogP contribution in [0.15, 0.2) is 54.6 Å². The van der Waals surface area contributed by atoms with E-state index in [2.05, 4.69) is 19.0 Å². The van der Waals surface area contributed by atoms with Crippen LogP contribution in [0.4, 0.5) is 0 Å². The van der Waals surface area contributed by atoms with Gasteiger partial charge < -0.3 is 15.0 Å². The van der Waals surface area contributed by atoms with Crippen molar-refractivity contribution in [1.29, 1.82) is 0 Å². The molecule has 26 heavy (non-hydrogen) atoms. The van der Waals surface area contributed by atoms with Gasteiger partial charge in [-0.3, -0.25) is 4.79 Å². The van der Waals surface area contributed by atoms with Crippen molar-refractivity contribution in [2.75, 3.05) is 27.2 Å². The highest BCUT2D eigenvalue weighted by Gasteiger charge is 2.22. The number of nitrogens with zero attached hydrogens (tertiary/aromatic N) is 1. The Kier molecular flexibility index (Phi) is 8.93. The summed E-state index contributed by atoms with van der Waals surface area (Å²) < 4.78 is 6.03. The lowest BCUT2D eigenvalue weighted by atomic mass is 9.49. The predicted molar refractivity (Wildman–Crippen MR) is 112 cm³/mol. The average Bonchev–Trinajstić information content (AvgIpc) is 2.60. The van der Waals surface area contributed by atoms with Crippen molar-refractivity contribution in [2.45, 2.75) is 27.2 Å². The minimum atomic E-state index is -0.659. The van der Waals surface area contributed by atoms with Crippen molar-refractivity contribution < 1.29 is 9.53 Å². The highest BCUT2D eigenvalue weighted by molar-refractivity contribution is 6.70. The largest absolute Gasteiger partial charge is 0.476 e. The molecule has 0 bridgehead atoms. The molecule has 2 aromatic carbocycles. The standard InChI is InChI=1S/C20H27BN2O2.CH4/c1-21(2)17-10-12-18(13-11-17)25-19(16-8-6-5-7-9-16)20(24)22-14-15-23(3)4;/h5-13,19H,14-15H2,1-4H3,(H,22,24);1H4. The van der Waals surface area contributed by atoms with Crippen LogP contribution in [-0.2, 0) is 4.79 Å². The SMILES string of the molecule is C.CB(C)c1ccc(OC(C(=O)NCCN(C)C)c2ccccc2)cc1. The quantitative estimate of drug-likeness (QED) is 0.741. The van der Waals surface area contributed by atoms with Crippen molar-refractivity contribution in [3.63, 3.8) is 0 Å². The van der Waals surface area contributed by atoms with Gasteiger partial charge in [-0.1, -0.05) is 69.0 Å². The summed E-state index contributed by atoms with van der Waals surface area (Å²) in [6.07, 6.45) is -0.659. The Morgan fingerprint density at radius 2 is 1.69 bits per heavy atom. The van der Waals surface area contributed by atoms with E-state index in [0.29, 0.717) is 19.0 Å². The number of nitrogens with one attached hydrogen (secondary N) is 1. The molecule has 1 atom stereocenters. The number of benzene rings is 2. The van der Waals surface area contributed by atoms with Crippen molar-refractivity contribution in [2.24, 2.45) is 0 Å². The highest BCUT2D eigenvalue weighted by Crippen LogP contribution is 2.21. The first-order chi connectivity index (χ1) is 12.0. The summed E-state index contributed by atoms with van der Waals surface area (Å²) in [6, 6.07) is 17.6. The molecular formula is C21H31BN2O2. The summed E-state index contributed by atoms with van der Waals surface area (Å²) in [5, 5.41) is 2.96. The molecule has 0 saturated carbocycles. The summed E-state index contributed by atoms with van der Waals surface area (Å²) in [4.78, 5) is 14.7. The topological polar surface area (TPSA) is 41.6 Å². The van der Waals surface area contributed by atoms with E-state index in [1.165, 1.54) is 5.46 Å². The van der Waals surface area contributed by atoms with Crippen LogP contribution in [-0.4, -0.2) is 44.7 Å². The number of ether oxygens (including phenoxy) is 1. The second-order valence-electron chi connectivity index (χ2n) is 6.73. The Morgan fingerprint density at radius 1 is 1.08 bits per heavy atom. The number of amides is 1. The maximum absolute atomic E-state index is 12.7. The molecule has 5 heteroatoms. The molecule has 1 N–H and O–H groups in total. The van der Waals surface area contributed by atoms with Crippen molar-refractivity contribution in [3.05, 3.63) is 60.2 Å². The Morgan fingerprint density at radius 3 is 2.23 bits per heavy atom. The number of hydrogen-bond acceptors (Lipinski definition) is 3. The predicted octanol–water partition coefficient (Wildman–Crippen LogP) is 3.08. The van der Waals surface area contributed by atoms with Gasteiger partial charge in [0.25, 0.3) is 5.91 Å². The molecular weight excluding hydrogens is 323 g/mol. The molecule has 0 aliphatic heterocycles. The smallest absolute Gasteiger partial charge is 0.265 e. The highest BCUT2D eigenvalue weighted by atomic mass is 16.5. The van der Waals surface area contributed by atoms with Crippen LogP contribution in [0, 0.1) is 0 Å². The number of carbonyl (C=O) groups is 1. The van der Waals surface area contributed by atoms with Gasteiger partial charge in [-0.05, 0) is 26.2 Å². The van der Waals surface area contributed by atoms with E-state index in [4.69, 9.17) is 4.74 Å². The maximum Gasteiger partial charge on any atom is 0.265 e. The first kappa shape index (κ1) is 21.8. The summed E-state index contributed by atoms with van der Waals surface area (Å²) >= 11 is 0. The van der Waals surface area contributed by atoms with Crippen molar-refractivity contribution in [1.82, 2.24) is 10.2 Å². The van der Waals surface area contributed by atoms with E-state index in [1.54, 1.807) is 0 Å². The van der Waals surface area contributed by atoms with E-state index in [9.17, 15) is 4.79 Å². The van der Waals surface area contributed by atoms with Gasteiger partial charge >= 0.3 is 0 Å². The molecule has 2 rings (SSSR count). The molecule has 0 aliphatic rings. The van der Waals surface area contributed by atoms with Crippen LogP contribution in [0.1, 0.15) is 19.1 Å². The van der Waals surface area contributed by atoms with E-state index in [-0.39, 0.29) is 13.3 Å². The molecule has 0 aromatic heterocycles. The second-order valence-corrected chi connectivity index (χ2v) is 6.73. The summed E-state index contributed by atoms with van der Waals surface area (Å²) in [6.45, 7) is 6.15. The molecule has 0 radical (unpaired) electrons. The van der Waals surface area contributed by atoms with Gasteiger partial charge in [0.2, 0.25) is 6.10 Å². The molecule has 0 aliphatic carbocycles. The molecule has 2 aromatic rings. The van der Waals surface area contributed by atoms with Gasteiger partial charge in [-0.15, -0.1) is 0 Å². The minimum absolute atomic E-state index is 0. The Balaban J connectivity index is 0.00000338. The molecule has 1 unspecified atom stereocenters. The lowest BCUT2D eigenvalue weighted by molar-refractivity contribution is -0.128. The molecule has 140 valence electrons. The molecule has 0 saturated heterocycles. The lowest BCUT2D eigenvalue weighted by Crippen LogP contribution is -2.36. The molecule has 1 amide bonds. The minimum Gasteiger partial charge on any atom is -0.476 e. The third-order valence-corrected chi connectivity index (χ3v) is 4.00. The average molecular weight is 354 g/mol. The van der Waals surface area contributed by atoms with E-state index < -0.39 is 6.10 Å². The van der Waals surface area contributed by atoms with Gasteiger partial charge in [0, 0.05) is 18.7 Å². The number of rotatable bonds is 8. The van der Waals surface area contributed by atoms with E-state index >= 15 is 0 Å². The fraction of sp³-hybridized carbons (Fsp3) is 0.381.